The Morgan fingerprint density at radius 2 is 2.12 bits per heavy atom. The summed E-state index contributed by atoms with van der Waals surface area (Å²) in [6, 6.07) is 10.6. The summed E-state index contributed by atoms with van der Waals surface area (Å²) in [7, 11) is 0. The molecular formula is C13H12FIN2. The van der Waals surface area contributed by atoms with Gasteiger partial charge < -0.3 is 5.32 Å². The third-order valence-corrected chi connectivity index (χ3v) is 3.33. The van der Waals surface area contributed by atoms with Crippen LogP contribution in [0.25, 0.3) is 0 Å². The van der Waals surface area contributed by atoms with Crippen LogP contribution in [0.2, 0.25) is 0 Å². The number of hydrogen-bond acceptors (Lipinski definition) is 2. The number of benzene rings is 1. The minimum absolute atomic E-state index is 0.0928. The molecule has 1 aromatic heterocycles. The van der Waals surface area contributed by atoms with Crippen LogP contribution in [0, 0.1) is 9.39 Å². The Hall–Kier alpha value is -1.17. The van der Waals surface area contributed by atoms with Crippen molar-refractivity contribution in [2.24, 2.45) is 0 Å². The fraction of sp³-hybridized carbons (Fsp3) is 0.154. The van der Waals surface area contributed by atoms with Crippen molar-refractivity contribution < 1.29 is 4.39 Å². The van der Waals surface area contributed by atoms with Gasteiger partial charge in [0.15, 0.2) is 0 Å². The van der Waals surface area contributed by atoms with Gasteiger partial charge in [-0.1, -0.05) is 6.07 Å². The highest BCUT2D eigenvalue weighted by atomic mass is 127. The van der Waals surface area contributed by atoms with Crippen LogP contribution in [0.3, 0.4) is 0 Å². The Morgan fingerprint density at radius 3 is 2.76 bits per heavy atom. The molecule has 0 saturated carbocycles. The zero-order chi connectivity index (χ0) is 12.3. The second-order valence-corrected chi connectivity index (χ2v) is 4.91. The van der Waals surface area contributed by atoms with Crippen LogP contribution in [0.5, 0.6) is 0 Å². The van der Waals surface area contributed by atoms with Crippen LogP contribution in [0.1, 0.15) is 18.7 Å². The number of nitrogens with one attached hydrogen (secondary N) is 1. The molecule has 17 heavy (non-hydrogen) atoms. The molecule has 1 aromatic carbocycles. The smallest absolute Gasteiger partial charge is 0.124 e. The van der Waals surface area contributed by atoms with E-state index in [1.54, 1.807) is 12.3 Å². The lowest BCUT2D eigenvalue weighted by molar-refractivity contribution is 0.627. The fourth-order valence-electron chi connectivity index (χ4n) is 1.55. The van der Waals surface area contributed by atoms with E-state index >= 15 is 0 Å². The molecule has 4 heteroatoms. The molecule has 0 aliphatic rings. The van der Waals surface area contributed by atoms with Crippen molar-refractivity contribution in [3.05, 3.63) is 57.7 Å². The molecule has 0 spiro atoms. The molecule has 1 atom stereocenters. The number of rotatable bonds is 3. The van der Waals surface area contributed by atoms with Crippen LogP contribution >= 0.6 is 22.6 Å². The highest BCUT2D eigenvalue weighted by molar-refractivity contribution is 14.1. The predicted molar refractivity (Wildman–Crippen MR) is 75.4 cm³/mol. The van der Waals surface area contributed by atoms with E-state index in [1.807, 2.05) is 25.1 Å². The summed E-state index contributed by atoms with van der Waals surface area (Å²) in [5, 5.41) is 3.32. The summed E-state index contributed by atoms with van der Waals surface area (Å²) in [6.07, 6.45) is 1.77. The number of anilines is 1. The van der Waals surface area contributed by atoms with E-state index < -0.39 is 0 Å². The number of pyridine rings is 1. The topological polar surface area (TPSA) is 24.9 Å². The summed E-state index contributed by atoms with van der Waals surface area (Å²) in [5.74, 6) is -0.217. The van der Waals surface area contributed by atoms with Gasteiger partial charge in [0.05, 0.1) is 11.7 Å². The minimum atomic E-state index is -0.217. The van der Waals surface area contributed by atoms with Gasteiger partial charge in [-0.05, 0) is 59.8 Å². The zero-order valence-electron chi connectivity index (χ0n) is 9.32. The van der Waals surface area contributed by atoms with Crippen molar-refractivity contribution in [2.75, 3.05) is 5.32 Å². The molecule has 0 saturated heterocycles. The normalized spacial score (nSPS) is 12.2. The summed E-state index contributed by atoms with van der Waals surface area (Å²) < 4.78 is 13.8. The van der Waals surface area contributed by atoms with Gasteiger partial charge in [-0.15, -0.1) is 0 Å². The molecule has 0 radical (unpaired) electrons. The van der Waals surface area contributed by atoms with Gasteiger partial charge in [-0.2, -0.15) is 0 Å². The van der Waals surface area contributed by atoms with E-state index in [2.05, 4.69) is 32.9 Å². The Labute approximate surface area is 113 Å². The first-order valence-electron chi connectivity index (χ1n) is 5.29. The fourth-order valence-corrected chi connectivity index (χ4v) is 2.18. The van der Waals surface area contributed by atoms with E-state index in [4.69, 9.17) is 0 Å². The molecule has 0 bridgehead atoms. The first kappa shape index (κ1) is 12.3. The highest BCUT2D eigenvalue weighted by Crippen LogP contribution is 2.23. The van der Waals surface area contributed by atoms with Gasteiger partial charge >= 0.3 is 0 Å². The summed E-state index contributed by atoms with van der Waals surface area (Å²) in [5.41, 5.74) is 1.89. The molecule has 1 N–H and O–H groups in total. The number of aromatic nitrogens is 1. The van der Waals surface area contributed by atoms with E-state index in [9.17, 15) is 4.39 Å². The van der Waals surface area contributed by atoms with Gasteiger partial charge in [0.25, 0.3) is 0 Å². The SMILES string of the molecule is CC(Nc1ccc(F)cc1I)c1ccccn1. The average molecular weight is 342 g/mol. The third kappa shape index (κ3) is 3.15. The molecule has 88 valence electrons. The zero-order valence-corrected chi connectivity index (χ0v) is 11.5. The maximum atomic E-state index is 13.0. The second-order valence-electron chi connectivity index (χ2n) is 3.74. The quantitative estimate of drug-likeness (QED) is 0.853. The minimum Gasteiger partial charge on any atom is -0.376 e. The van der Waals surface area contributed by atoms with E-state index in [-0.39, 0.29) is 11.9 Å². The van der Waals surface area contributed by atoms with Crippen LogP contribution in [0.15, 0.2) is 42.6 Å². The molecule has 2 aromatic rings. The van der Waals surface area contributed by atoms with E-state index in [0.29, 0.717) is 0 Å². The average Bonchev–Trinajstić information content (AvgIpc) is 2.34. The predicted octanol–water partition coefficient (Wildman–Crippen LogP) is 4.00. The van der Waals surface area contributed by atoms with Crippen LogP contribution in [-0.2, 0) is 0 Å². The van der Waals surface area contributed by atoms with Crippen molar-refractivity contribution in [3.8, 4) is 0 Å². The lowest BCUT2D eigenvalue weighted by atomic mass is 10.2. The summed E-state index contributed by atoms with van der Waals surface area (Å²) in [6.45, 7) is 2.03. The Bertz CT molecular complexity index is 502. The van der Waals surface area contributed by atoms with Crippen molar-refractivity contribution in [1.82, 2.24) is 4.98 Å². The van der Waals surface area contributed by atoms with Crippen molar-refractivity contribution >= 4 is 28.3 Å². The van der Waals surface area contributed by atoms with Gasteiger partial charge in [-0.3, -0.25) is 4.98 Å². The van der Waals surface area contributed by atoms with Gasteiger partial charge in [0.2, 0.25) is 0 Å². The van der Waals surface area contributed by atoms with Crippen LogP contribution in [-0.4, -0.2) is 4.98 Å². The van der Waals surface area contributed by atoms with Crippen LogP contribution < -0.4 is 5.32 Å². The number of halogens is 2. The Morgan fingerprint density at radius 1 is 1.29 bits per heavy atom. The molecule has 2 rings (SSSR count). The van der Waals surface area contributed by atoms with Gasteiger partial charge in [-0.25, -0.2) is 4.39 Å². The second kappa shape index (κ2) is 5.44. The standard InChI is InChI=1S/C13H12FIN2/c1-9(12-4-2-3-7-16-12)17-13-6-5-10(14)8-11(13)15/h2-9,17H,1H3. The molecule has 0 amide bonds. The molecule has 2 nitrogen and oxygen atoms in total. The maximum Gasteiger partial charge on any atom is 0.124 e. The van der Waals surface area contributed by atoms with Crippen molar-refractivity contribution in [2.45, 2.75) is 13.0 Å². The Kier molecular flexibility index (Phi) is 3.93. The van der Waals surface area contributed by atoms with Crippen molar-refractivity contribution in [1.29, 1.82) is 0 Å². The lowest BCUT2D eigenvalue weighted by Gasteiger charge is -2.15. The number of nitrogens with zero attached hydrogens (tertiary/aromatic N) is 1. The maximum absolute atomic E-state index is 13.0. The number of hydrogen-bond donors (Lipinski definition) is 1. The van der Waals surface area contributed by atoms with Gasteiger partial charge in [0.1, 0.15) is 5.82 Å². The van der Waals surface area contributed by atoms with E-state index in [1.165, 1.54) is 12.1 Å². The van der Waals surface area contributed by atoms with Crippen LogP contribution in [0.4, 0.5) is 10.1 Å². The largest absolute Gasteiger partial charge is 0.376 e. The highest BCUT2D eigenvalue weighted by Gasteiger charge is 2.08. The molecule has 0 fully saturated rings. The molecule has 1 unspecified atom stereocenters. The monoisotopic (exact) mass is 342 g/mol. The molecule has 0 aliphatic heterocycles. The summed E-state index contributed by atoms with van der Waals surface area (Å²) in [4.78, 5) is 4.28. The van der Waals surface area contributed by atoms with Crippen molar-refractivity contribution in [3.63, 3.8) is 0 Å². The lowest BCUT2D eigenvalue weighted by Crippen LogP contribution is -2.09. The molecular weight excluding hydrogens is 330 g/mol. The first-order chi connectivity index (χ1) is 8.16. The van der Waals surface area contributed by atoms with Gasteiger partial charge in [0, 0.05) is 15.5 Å². The molecule has 1 heterocycles. The summed E-state index contributed by atoms with van der Waals surface area (Å²) >= 11 is 2.12. The third-order valence-electron chi connectivity index (χ3n) is 2.43. The molecule has 0 aliphatic carbocycles. The first-order valence-corrected chi connectivity index (χ1v) is 6.37. The Balaban J connectivity index is 2.16. The van der Waals surface area contributed by atoms with E-state index in [0.717, 1.165) is 15.0 Å².